The Morgan fingerprint density at radius 1 is 1.19 bits per heavy atom. The average molecular weight is 355 g/mol. The summed E-state index contributed by atoms with van der Waals surface area (Å²) in [4.78, 5) is 27.6. The van der Waals surface area contributed by atoms with Gasteiger partial charge in [0.1, 0.15) is 11.2 Å². The van der Waals surface area contributed by atoms with E-state index in [1.165, 1.54) is 42.0 Å². The summed E-state index contributed by atoms with van der Waals surface area (Å²) in [6.45, 7) is -0.219. The highest BCUT2D eigenvalue weighted by atomic mass is 16.6. The van der Waals surface area contributed by atoms with Gasteiger partial charge in [0.05, 0.1) is 17.0 Å². The van der Waals surface area contributed by atoms with Crippen LogP contribution < -0.4 is 10.2 Å². The predicted octanol–water partition coefficient (Wildman–Crippen LogP) is 3.35. The molecule has 1 saturated carbocycles. The van der Waals surface area contributed by atoms with Crippen LogP contribution in [0.4, 0.5) is 5.69 Å². The van der Waals surface area contributed by atoms with E-state index in [1.807, 2.05) is 12.1 Å². The molecule has 3 rings (SSSR count). The lowest BCUT2D eigenvalue weighted by atomic mass is 9.96. The summed E-state index contributed by atoms with van der Waals surface area (Å²) in [5.74, 6) is 0.0153. The standard InChI is InChI=1S/C19H21N3O4/c23-19(14-26-17-10-6-9-16(13-17)22(24)25)21-12-5-4-11-18(21)20-15-7-2-1-3-8-15/h4-6,9-13,15H,1-3,7-8,14H2. The minimum absolute atomic E-state index is 0.0738. The van der Waals surface area contributed by atoms with Crippen LogP contribution in [0.1, 0.15) is 36.9 Å². The SMILES string of the molecule is O=C(COc1cccc([N+](=O)[O-])c1)n1ccccc1=NC1CCCCC1. The second kappa shape index (κ2) is 8.42. The molecule has 0 amide bonds. The molecule has 1 aliphatic rings. The lowest BCUT2D eigenvalue weighted by Crippen LogP contribution is -2.32. The number of nitro benzene ring substituents is 1. The molecule has 0 atom stereocenters. The van der Waals surface area contributed by atoms with Crippen LogP contribution in [0.2, 0.25) is 0 Å². The van der Waals surface area contributed by atoms with E-state index in [0.717, 1.165) is 12.8 Å². The molecule has 1 heterocycles. The molecule has 1 fully saturated rings. The number of nitro groups is 1. The molecule has 0 spiro atoms. The van der Waals surface area contributed by atoms with Gasteiger partial charge in [0.2, 0.25) is 0 Å². The van der Waals surface area contributed by atoms with Gasteiger partial charge >= 0.3 is 0 Å². The Morgan fingerprint density at radius 3 is 2.77 bits per heavy atom. The maximum absolute atomic E-state index is 12.5. The van der Waals surface area contributed by atoms with Crippen LogP contribution in [0.25, 0.3) is 0 Å². The molecule has 1 aromatic heterocycles. The van der Waals surface area contributed by atoms with E-state index in [1.54, 1.807) is 18.3 Å². The molecule has 1 aliphatic carbocycles. The molecule has 2 aromatic rings. The maximum atomic E-state index is 12.5. The quantitative estimate of drug-likeness (QED) is 0.608. The second-order valence-electron chi connectivity index (χ2n) is 6.29. The molecular weight excluding hydrogens is 334 g/mol. The summed E-state index contributed by atoms with van der Waals surface area (Å²) >= 11 is 0. The predicted molar refractivity (Wildman–Crippen MR) is 96.1 cm³/mol. The topological polar surface area (TPSA) is 86.7 Å². The number of ether oxygens (including phenoxy) is 1. The Hall–Kier alpha value is -2.96. The number of pyridine rings is 1. The van der Waals surface area contributed by atoms with Gasteiger partial charge in [-0.25, -0.2) is 0 Å². The zero-order valence-electron chi connectivity index (χ0n) is 14.4. The van der Waals surface area contributed by atoms with Gasteiger partial charge in [0.25, 0.3) is 11.6 Å². The van der Waals surface area contributed by atoms with Gasteiger partial charge < -0.3 is 4.74 Å². The zero-order valence-corrected chi connectivity index (χ0v) is 14.4. The minimum Gasteiger partial charge on any atom is -0.483 e. The Morgan fingerprint density at radius 2 is 2.00 bits per heavy atom. The first kappa shape index (κ1) is 17.8. The number of carbonyl (C=O) groups excluding carboxylic acids is 1. The third-order valence-corrected chi connectivity index (χ3v) is 4.39. The summed E-state index contributed by atoms with van der Waals surface area (Å²) in [6, 6.07) is 11.5. The van der Waals surface area contributed by atoms with Gasteiger partial charge in [-0.3, -0.25) is 24.5 Å². The smallest absolute Gasteiger partial charge is 0.273 e. The molecule has 7 heteroatoms. The van der Waals surface area contributed by atoms with E-state index >= 15 is 0 Å². The molecule has 26 heavy (non-hydrogen) atoms. The van der Waals surface area contributed by atoms with Gasteiger partial charge in [0.15, 0.2) is 6.61 Å². The molecule has 1 aromatic carbocycles. The fourth-order valence-electron chi connectivity index (χ4n) is 3.05. The van der Waals surface area contributed by atoms with Crippen molar-refractivity contribution in [2.45, 2.75) is 38.1 Å². The largest absolute Gasteiger partial charge is 0.483 e. The van der Waals surface area contributed by atoms with Crippen LogP contribution >= 0.6 is 0 Å². The summed E-state index contributed by atoms with van der Waals surface area (Å²) in [5, 5.41) is 10.8. The molecule has 0 bridgehead atoms. The normalized spacial score (nSPS) is 15.6. The number of aromatic nitrogens is 1. The average Bonchev–Trinajstić information content (AvgIpc) is 2.67. The highest BCUT2D eigenvalue weighted by molar-refractivity contribution is 5.80. The molecule has 0 radical (unpaired) electrons. The molecule has 136 valence electrons. The number of hydrogen-bond acceptors (Lipinski definition) is 5. The van der Waals surface area contributed by atoms with Gasteiger partial charge in [-0.15, -0.1) is 0 Å². The minimum atomic E-state index is -0.498. The van der Waals surface area contributed by atoms with E-state index in [4.69, 9.17) is 9.73 Å². The van der Waals surface area contributed by atoms with Gasteiger partial charge in [-0.2, -0.15) is 0 Å². The summed E-state index contributed by atoms with van der Waals surface area (Å²) in [7, 11) is 0. The van der Waals surface area contributed by atoms with Crippen molar-refractivity contribution in [2.24, 2.45) is 4.99 Å². The van der Waals surface area contributed by atoms with Crippen LogP contribution in [-0.4, -0.2) is 28.0 Å². The molecule has 0 saturated heterocycles. The highest BCUT2D eigenvalue weighted by Crippen LogP contribution is 2.20. The molecule has 7 nitrogen and oxygen atoms in total. The Kier molecular flexibility index (Phi) is 5.78. The third kappa shape index (κ3) is 4.56. The number of rotatable bonds is 5. The monoisotopic (exact) mass is 355 g/mol. The van der Waals surface area contributed by atoms with Gasteiger partial charge in [-0.1, -0.05) is 31.4 Å². The zero-order chi connectivity index (χ0) is 18.4. The first-order valence-electron chi connectivity index (χ1n) is 8.75. The van der Waals surface area contributed by atoms with Crippen molar-refractivity contribution in [1.82, 2.24) is 4.57 Å². The first-order valence-corrected chi connectivity index (χ1v) is 8.75. The van der Waals surface area contributed by atoms with Crippen molar-refractivity contribution < 1.29 is 14.5 Å². The van der Waals surface area contributed by atoms with E-state index in [2.05, 4.69) is 0 Å². The third-order valence-electron chi connectivity index (χ3n) is 4.39. The van der Waals surface area contributed by atoms with E-state index in [9.17, 15) is 14.9 Å². The van der Waals surface area contributed by atoms with E-state index in [0.29, 0.717) is 5.49 Å². The maximum Gasteiger partial charge on any atom is 0.273 e. The fraction of sp³-hybridized carbons (Fsp3) is 0.368. The number of benzene rings is 1. The van der Waals surface area contributed by atoms with Crippen LogP contribution in [-0.2, 0) is 0 Å². The van der Waals surface area contributed by atoms with Crippen molar-refractivity contribution >= 4 is 11.6 Å². The van der Waals surface area contributed by atoms with Crippen molar-refractivity contribution in [3.63, 3.8) is 0 Å². The Bertz CT molecular complexity index is 854. The van der Waals surface area contributed by atoms with Crippen molar-refractivity contribution in [3.8, 4) is 5.75 Å². The lowest BCUT2D eigenvalue weighted by molar-refractivity contribution is -0.384. The molecule has 0 aliphatic heterocycles. The second-order valence-corrected chi connectivity index (χ2v) is 6.29. The Balaban J connectivity index is 1.73. The summed E-state index contributed by atoms with van der Waals surface area (Å²) < 4.78 is 6.92. The fourth-order valence-corrected chi connectivity index (χ4v) is 3.05. The first-order chi connectivity index (χ1) is 12.6. The van der Waals surface area contributed by atoms with Crippen molar-refractivity contribution in [1.29, 1.82) is 0 Å². The molecule has 0 unspecified atom stereocenters. The lowest BCUT2D eigenvalue weighted by Gasteiger charge is -2.17. The van der Waals surface area contributed by atoms with Gasteiger partial charge in [-0.05, 0) is 31.0 Å². The van der Waals surface area contributed by atoms with Crippen LogP contribution in [0, 0.1) is 10.1 Å². The summed E-state index contributed by atoms with van der Waals surface area (Å²) in [6.07, 6.45) is 7.35. The van der Waals surface area contributed by atoms with Gasteiger partial charge in [0, 0.05) is 12.3 Å². The number of carbonyl (C=O) groups is 1. The van der Waals surface area contributed by atoms with Crippen LogP contribution in [0.3, 0.4) is 0 Å². The van der Waals surface area contributed by atoms with Crippen LogP contribution in [0.5, 0.6) is 5.75 Å². The highest BCUT2D eigenvalue weighted by Gasteiger charge is 2.13. The number of hydrogen-bond donors (Lipinski definition) is 0. The van der Waals surface area contributed by atoms with Crippen molar-refractivity contribution in [3.05, 3.63) is 64.3 Å². The Labute approximate surface area is 151 Å². The van der Waals surface area contributed by atoms with E-state index in [-0.39, 0.29) is 30.0 Å². The van der Waals surface area contributed by atoms with Crippen LogP contribution in [0.15, 0.2) is 53.7 Å². The van der Waals surface area contributed by atoms with E-state index < -0.39 is 4.92 Å². The molecular formula is C19H21N3O4. The van der Waals surface area contributed by atoms with Crippen molar-refractivity contribution in [2.75, 3.05) is 6.61 Å². The number of non-ortho nitro benzene ring substituents is 1. The number of nitrogens with zero attached hydrogens (tertiary/aromatic N) is 3. The summed E-state index contributed by atoms with van der Waals surface area (Å²) in [5.41, 5.74) is 0.544. The molecule has 0 N–H and O–H groups in total.